The number of aliphatic imine (C=N–C) groups is 1. The van der Waals surface area contributed by atoms with Crippen molar-refractivity contribution in [3.63, 3.8) is 0 Å². The van der Waals surface area contributed by atoms with Crippen molar-refractivity contribution < 1.29 is 9.21 Å². The Morgan fingerprint density at radius 1 is 1.18 bits per heavy atom. The fourth-order valence-corrected chi connectivity index (χ4v) is 2.73. The number of nitrogens with one attached hydrogen (secondary N) is 2. The summed E-state index contributed by atoms with van der Waals surface area (Å²) in [6, 6.07) is 11.1. The lowest BCUT2D eigenvalue weighted by Crippen LogP contribution is -2.38. The number of nitrogens with zero attached hydrogens (tertiary/aromatic N) is 1. The first kappa shape index (κ1) is 24.0. The van der Waals surface area contributed by atoms with Gasteiger partial charge in [0.05, 0.1) is 12.8 Å². The lowest BCUT2D eigenvalue weighted by Gasteiger charge is -2.15. The Balaban J connectivity index is 0.00000392. The highest BCUT2D eigenvalue weighted by molar-refractivity contribution is 14.0. The van der Waals surface area contributed by atoms with Crippen molar-refractivity contribution in [1.29, 1.82) is 0 Å². The molecule has 1 amide bonds. The zero-order chi connectivity index (χ0) is 19.6. The summed E-state index contributed by atoms with van der Waals surface area (Å²) < 4.78 is 5.10. The SMILES string of the molecule is CC(C)CCCC(C)NC(N)=NCc1cccc(NC(=O)c2ccco2)c1.I. The third kappa shape index (κ3) is 8.77. The van der Waals surface area contributed by atoms with Gasteiger partial charge in [-0.1, -0.05) is 38.8 Å². The quantitative estimate of drug-likeness (QED) is 0.264. The summed E-state index contributed by atoms with van der Waals surface area (Å²) in [4.78, 5) is 16.4. The fraction of sp³-hybridized carbons (Fsp3) is 0.429. The molecule has 0 fully saturated rings. The Morgan fingerprint density at radius 3 is 2.64 bits per heavy atom. The number of carbonyl (C=O) groups excluding carboxylic acids is 1. The van der Waals surface area contributed by atoms with E-state index in [1.165, 1.54) is 19.1 Å². The molecule has 0 bridgehead atoms. The summed E-state index contributed by atoms with van der Waals surface area (Å²) in [7, 11) is 0. The standard InChI is InChI=1S/C21H30N4O2.HI/c1-15(2)7-4-8-16(3)24-21(22)23-14-17-9-5-10-18(13-17)25-20(26)19-11-6-12-27-19;/h5-6,9-13,15-16H,4,7-8,14H2,1-3H3,(H,25,26)(H3,22,23,24);1H. The van der Waals surface area contributed by atoms with E-state index in [4.69, 9.17) is 10.2 Å². The van der Waals surface area contributed by atoms with Crippen LogP contribution in [0, 0.1) is 5.92 Å². The molecule has 2 aromatic rings. The maximum absolute atomic E-state index is 12.0. The molecule has 0 radical (unpaired) electrons. The summed E-state index contributed by atoms with van der Waals surface area (Å²) in [5, 5.41) is 6.04. The number of nitrogens with two attached hydrogens (primary N) is 1. The fourth-order valence-electron chi connectivity index (χ4n) is 2.73. The van der Waals surface area contributed by atoms with Crippen molar-refractivity contribution in [2.75, 3.05) is 5.32 Å². The number of guanidine groups is 1. The molecule has 0 saturated heterocycles. The molecule has 1 aromatic heterocycles. The third-order valence-electron chi connectivity index (χ3n) is 4.17. The van der Waals surface area contributed by atoms with Crippen molar-refractivity contribution in [2.45, 2.75) is 52.6 Å². The van der Waals surface area contributed by atoms with Crippen molar-refractivity contribution in [3.05, 3.63) is 54.0 Å². The van der Waals surface area contributed by atoms with Crippen molar-refractivity contribution in [2.24, 2.45) is 16.6 Å². The number of hydrogen-bond donors (Lipinski definition) is 3. The Morgan fingerprint density at radius 2 is 1.96 bits per heavy atom. The lowest BCUT2D eigenvalue weighted by molar-refractivity contribution is 0.0996. The van der Waals surface area contributed by atoms with Crippen LogP contribution in [-0.2, 0) is 6.54 Å². The van der Waals surface area contributed by atoms with E-state index in [-0.39, 0.29) is 35.6 Å². The number of carbonyl (C=O) groups is 1. The minimum Gasteiger partial charge on any atom is -0.459 e. The summed E-state index contributed by atoms with van der Waals surface area (Å²) in [5.41, 5.74) is 7.65. The molecule has 1 aromatic carbocycles. The number of benzene rings is 1. The summed E-state index contributed by atoms with van der Waals surface area (Å²) in [6.45, 7) is 7.04. The molecule has 0 aliphatic carbocycles. The molecular weight excluding hydrogens is 467 g/mol. The molecule has 4 N–H and O–H groups in total. The van der Waals surface area contributed by atoms with Gasteiger partial charge in [0.2, 0.25) is 0 Å². The van der Waals surface area contributed by atoms with Crippen LogP contribution in [0.5, 0.6) is 0 Å². The van der Waals surface area contributed by atoms with Gasteiger partial charge in [-0.15, -0.1) is 24.0 Å². The maximum atomic E-state index is 12.0. The van der Waals surface area contributed by atoms with Crippen LogP contribution in [0.1, 0.15) is 56.2 Å². The van der Waals surface area contributed by atoms with Gasteiger partial charge in [-0.25, -0.2) is 4.99 Å². The van der Waals surface area contributed by atoms with Gasteiger partial charge in [-0.05, 0) is 49.1 Å². The van der Waals surface area contributed by atoms with Crippen molar-refractivity contribution >= 4 is 41.5 Å². The van der Waals surface area contributed by atoms with E-state index in [1.807, 2.05) is 24.3 Å². The van der Waals surface area contributed by atoms with Gasteiger partial charge in [0.15, 0.2) is 11.7 Å². The molecule has 1 unspecified atom stereocenters. The van der Waals surface area contributed by atoms with E-state index in [0.717, 1.165) is 17.9 Å². The summed E-state index contributed by atoms with van der Waals surface area (Å²) >= 11 is 0. The molecule has 0 saturated carbocycles. The second-order valence-corrected chi connectivity index (χ2v) is 7.20. The topological polar surface area (TPSA) is 92.6 Å². The highest BCUT2D eigenvalue weighted by Gasteiger charge is 2.09. The Kier molecular flexibility index (Phi) is 10.7. The second-order valence-electron chi connectivity index (χ2n) is 7.20. The van der Waals surface area contributed by atoms with Crippen LogP contribution >= 0.6 is 24.0 Å². The minimum atomic E-state index is -0.281. The van der Waals surface area contributed by atoms with Crippen LogP contribution in [-0.4, -0.2) is 17.9 Å². The van der Waals surface area contributed by atoms with Crippen molar-refractivity contribution in [1.82, 2.24) is 5.32 Å². The molecule has 1 heterocycles. The van der Waals surface area contributed by atoms with Gasteiger partial charge in [-0.3, -0.25) is 4.79 Å². The number of anilines is 1. The maximum Gasteiger partial charge on any atom is 0.291 e. The molecule has 0 aliphatic heterocycles. The van der Waals surface area contributed by atoms with E-state index in [9.17, 15) is 4.79 Å². The predicted molar refractivity (Wildman–Crippen MR) is 125 cm³/mol. The summed E-state index contributed by atoms with van der Waals surface area (Å²) in [6.07, 6.45) is 4.94. The third-order valence-corrected chi connectivity index (χ3v) is 4.17. The highest BCUT2D eigenvalue weighted by Crippen LogP contribution is 2.13. The van der Waals surface area contributed by atoms with Crippen LogP contribution in [0.4, 0.5) is 5.69 Å². The van der Waals surface area contributed by atoms with Crippen LogP contribution in [0.15, 0.2) is 52.1 Å². The zero-order valence-corrected chi connectivity index (χ0v) is 19.1. The number of hydrogen-bond acceptors (Lipinski definition) is 3. The number of furan rings is 1. The zero-order valence-electron chi connectivity index (χ0n) is 16.8. The first-order chi connectivity index (χ1) is 12.9. The Labute approximate surface area is 184 Å². The number of halogens is 1. The summed E-state index contributed by atoms with van der Waals surface area (Å²) in [5.74, 6) is 1.16. The van der Waals surface area contributed by atoms with Crippen LogP contribution < -0.4 is 16.4 Å². The van der Waals surface area contributed by atoms with Crippen LogP contribution in [0.2, 0.25) is 0 Å². The number of amides is 1. The molecule has 28 heavy (non-hydrogen) atoms. The average molecular weight is 498 g/mol. The first-order valence-corrected chi connectivity index (χ1v) is 9.44. The van der Waals surface area contributed by atoms with Gasteiger partial charge in [0, 0.05) is 11.7 Å². The van der Waals surface area contributed by atoms with E-state index < -0.39 is 0 Å². The van der Waals surface area contributed by atoms with Crippen LogP contribution in [0.3, 0.4) is 0 Å². The van der Waals surface area contributed by atoms with Crippen molar-refractivity contribution in [3.8, 4) is 0 Å². The van der Waals surface area contributed by atoms with Crippen LogP contribution in [0.25, 0.3) is 0 Å². The molecule has 2 rings (SSSR count). The van der Waals surface area contributed by atoms with Gasteiger partial charge in [0.1, 0.15) is 0 Å². The van der Waals surface area contributed by atoms with Gasteiger partial charge >= 0.3 is 0 Å². The molecule has 7 heteroatoms. The van der Waals surface area contributed by atoms with Gasteiger partial charge < -0.3 is 20.8 Å². The largest absolute Gasteiger partial charge is 0.459 e. The lowest BCUT2D eigenvalue weighted by atomic mass is 10.0. The van der Waals surface area contributed by atoms with Gasteiger partial charge in [-0.2, -0.15) is 0 Å². The molecule has 0 aliphatic rings. The highest BCUT2D eigenvalue weighted by atomic mass is 127. The molecular formula is C21H31IN4O2. The second kappa shape index (κ2) is 12.4. The minimum absolute atomic E-state index is 0. The smallest absolute Gasteiger partial charge is 0.291 e. The normalized spacial score (nSPS) is 12.4. The van der Waals surface area contributed by atoms with E-state index in [0.29, 0.717) is 24.2 Å². The Hall–Kier alpha value is -2.03. The van der Waals surface area contributed by atoms with E-state index in [1.54, 1.807) is 12.1 Å². The Bertz CT molecular complexity index is 745. The van der Waals surface area contributed by atoms with E-state index in [2.05, 4.69) is 36.4 Å². The predicted octanol–water partition coefficient (Wildman–Crippen LogP) is 4.77. The molecule has 6 nitrogen and oxygen atoms in total. The average Bonchev–Trinajstić information content (AvgIpc) is 3.15. The first-order valence-electron chi connectivity index (χ1n) is 9.44. The molecule has 1 atom stereocenters. The monoisotopic (exact) mass is 498 g/mol. The molecule has 154 valence electrons. The molecule has 0 spiro atoms. The van der Waals surface area contributed by atoms with E-state index >= 15 is 0 Å². The van der Waals surface area contributed by atoms with Gasteiger partial charge in [0.25, 0.3) is 5.91 Å². The number of rotatable bonds is 9.